The molecule has 0 aromatic heterocycles. The molecule has 0 amide bonds. The first kappa shape index (κ1) is 11.2. The Bertz CT molecular complexity index is 143. The Morgan fingerprint density at radius 1 is 1.67 bits per heavy atom. The summed E-state index contributed by atoms with van der Waals surface area (Å²) < 4.78 is 10.1. The van der Waals surface area contributed by atoms with E-state index in [-0.39, 0.29) is 12.1 Å². The molecule has 0 aliphatic carbocycles. The zero-order chi connectivity index (χ0) is 9.40. The first-order valence-electron chi connectivity index (χ1n) is 4.06. The Labute approximate surface area is 73.4 Å². The third kappa shape index (κ3) is 5.92. The van der Waals surface area contributed by atoms with Crippen LogP contribution in [0.1, 0.15) is 20.3 Å². The van der Waals surface area contributed by atoms with E-state index in [0.717, 1.165) is 6.42 Å². The molecular weight excluding hydrogens is 156 g/mol. The van der Waals surface area contributed by atoms with E-state index < -0.39 is 0 Å². The second kappa shape index (κ2) is 6.85. The van der Waals surface area contributed by atoms with Crippen molar-refractivity contribution in [2.45, 2.75) is 26.4 Å². The largest absolute Gasteiger partial charge is 0.463 e. The average Bonchev–Trinajstić information content (AvgIpc) is 2.05. The molecule has 0 spiro atoms. The van der Waals surface area contributed by atoms with Gasteiger partial charge in [0.1, 0.15) is 6.61 Å². The Balaban J connectivity index is 3.52. The maximum absolute atomic E-state index is 10.4. The van der Waals surface area contributed by atoms with E-state index >= 15 is 0 Å². The number of hydrogen-bond donors (Lipinski definition) is 0. The zero-order valence-electron chi connectivity index (χ0n) is 7.71. The van der Waals surface area contributed by atoms with Gasteiger partial charge in [-0.25, -0.2) is 0 Å². The fourth-order valence-corrected chi connectivity index (χ4v) is 0.698. The van der Waals surface area contributed by atoms with Crippen LogP contribution in [0.25, 0.3) is 0 Å². The first-order valence-corrected chi connectivity index (χ1v) is 4.06. The summed E-state index contributed by atoms with van der Waals surface area (Å²) in [4.78, 5) is 10.4. The quantitative estimate of drug-likeness (QED) is 0.450. The summed E-state index contributed by atoms with van der Waals surface area (Å²) in [5.74, 6) is -0.268. The maximum Gasteiger partial charge on any atom is 0.302 e. The van der Waals surface area contributed by atoms with E-state index in [9.17, 15) is 4.79 Å². The third-order valence-electron chi connectivity index (χ3n) is 1.38. The Hall–Kier alpha value is -0.830. The molecule has 0 fully saturated rings. The van der Waals surface area contributed by atoms with Crippen LogP contribution in [0.5, 0.6) is 0 Å². The Morgan fingerprint density at radius 3 is 2.75 bits per heavy atom. The van der Waals surface area contributed by atoms with Crippen molar-refractivity contribution in [2.75, 3.05) is 13.2 Å². The molecule has 0 bridgehead atoms. The van der Waals surface area contributed by atoms with Crippen LogP contribution in [0.2, 0.25) is 0 Å². The van der Waals surface area contributed by atoms with Crippen molar-refractivity contribution >= 4 is 5.97 Å². The second-order valence-electron chi connectivity index (χ2n) is 2.45. The van der Waals surface area contributed by atoms with Crippen LogP contribution in [0.3, 0.4) is 0 Å². The maximum atomic E-state index is 10.4. The van der Waals surface area contributed by atoms with Crippen molar-refractivity contribution in [3.63, 3.8) is 0 Å². The average molecular weight is 172 g/mol. The van der Waals surface area contributed by atoms with Gasteiger partial charge >= 0.3 is 5.97 Å². The molecule has 3 heteroatoms. The monoisotopic (exact) mass is 172 g/mol. The van der Waals surface area contributed by atoms with Crippen molar-refractivity contribution in [1.29, 1.82) is 0 Å². The molecule has 0 N–H and O–H groups in total. The summed E-state index contributed by atoms with van der Waals surface area (Å²) >= 11 is 0. The molecule has 0 aliphatic rings. The molecule has 0 rings (SSSR count). The highest BCUT2D eigenvalue weighted by Crippen LogP contribution is 1.98. The van der Waals surface area contributed by atoms with E-state index in [2.05, 4.69) is 6.58 Å². The molecule has 0 aliphatic heterocycles. The SMILES string of the molecule is C=CCOC(CC)COC(C)=O. The molecule has 0 saturated carbocycles. The summed E-state index contributed by atoms with van der Waals surface area (Å²) in [5, 5.41) is 0. The van der Waals surface area contributed by atoms with E-state index in [1.165, 1.54) is 6.92 Å². The minimum Gasteiger partial charge on any atom is -0.463 e. The third-order valence-corrected chi connectivity index (χ3v) is 1.38. The van der Waals surface area contributed by atoms with E-state index in [1.807, 2.05) is 6.92 Å². The van der Waals surface area contributed by atoms with Gasteiger partial charge < -0.3 is 9.47 Å². The number of rotatable bonds is 6. The summed E-state index contributed by atoms with van der Waals surface area (Å²) in [6, 6.07) is 0. The van der Waals surface area contributed by atoms with Crippen LogP contribution < -0.4 is 0 Å². The fourth-order valence-electron chi connectivity index (χ4n) is 0.698. The molecule has 0 heterocycles. The predicted octanol–water partition coefficient (Wildman–Crippen LogP) is 1.53. The number of esters is 1. The van der Waals surface area contributed by atoms with Gasteiger partial charge in [0.15, 0.2) is 0 Å². The minimum absolute atomic E-state index is 0.00750. The van der Waals surface area contributed by atoms with Crippen LogP contribution >= 0.6 is 0 Å². The van der Waals surface area contributed by atoms with Gasteiger partial charge in [0, 0.05) is 6.92 Å². The molecule has 0 saturated heterocycles. The number of hydrogen-bond acceptors (Lipinski definition) is 3. The first-order chi connectivity index (χ1) is 5.70. The van der Waals surface area contributed by atoms with Crippen molar-refractivity contribution in [3.05, 3.63) is 12.7 Å². The summed E-state index contributed by atoms with van der Waals surface area (Å²) in [6.45, 7) is 7.73. The smallest absolute Gasteiger partial charge is 0.302 e. The molecule has 0 radical (unpaired) electrons. The van der Waals surface area contributed by atoms with Crippen LogP contribution in [0.15, 0.2) is 12.7 Å². The van der Waals surface area contributed by atoms with Gasteiger partial charge in [-0.05, 0) is 6.42 Å². The lowest BCUT2D eigenvalue weighted by atomic mass is 10.3. The fraction of sp³-hybridized carbons (Fsp3) is 0.667. The zero-order valence-corrected chi connectivity index (χ0v) is 7.71. The minimum atomic E-state index is -0.268. The Kier molecular flexibility index (Phi) is 6.38. The van der Waals surface area contributed by atoms with Crippen molar-refractivity contribution in [1.82, 2.24) is 0 Å². The molecule has 12 heavy (non-hydrogen) atoms. The molecule has 3 nitrogen and oxygen atoms in total. The van der Waals surface area contributed by atoms with Gasteiger partial charge in [-0.2, -0.15) is 0 Å². The van der Waals surface area contributed by atoms with Gasteiger partial charge in [-0.3, -0.25) is 4.79 Å². The highest BCUT2D eigenvalue weighted by atomic mass is 16.6. The number of carbonyl (C=O) groups excluding carboxylic acids is 1. The Morgan fingerprint density at radius 2 is 2.33 bits per heavy atom. The van der Waals surface area contributed by atoms with E-state index in [1.54, 1.807) is 6.08 Å². The predicted molar refractivity (Wildman–Crippen MR) is 46.9 cm³/mol. The second-order valence-corrected chi connectivity index (χ2v) is 2.45. The molecule has 70 valence electrons. The van der Waals surface area contributed by atoms with Gasteiger partial charge in [-0.1, -0.05) is 13.0 Å². The molecular formula is C9H16O3. The standard InChI is InChI=1S/C9H16O3/c1-4-6-11-9(5-2)7-12-8(3)10/h4,9H,1,5-7H2,2-3H3. The number of carbonyl (C=O) groups is 1. The van der Waals surface area contributed by atoms with Gasteiger partial charge in [-0.15, -0.1) is 6.58 Å². The van der Waals surface area contributed by atoms with Crippen LogP contribution in [0, 0.1) is 0 Å². The molecule has 0 aromatic carbocycles. The van der Waals surface area contributed by atoms with Gasteiger partial charge in [0.05, 0.1) is 12.7 Å². The summed E-state index contributed by atoms with van der Waals surface area (Å²) in [7, 11) is 0. The van der Waals surface area contributed by atoms with Crippen LogP contribution in [-0.2, 0) is 14.3 Å². The van der Waals surface area contributed by atoms with Crippen molar-refractivity contribution < 1.29 is 14.3 Å². The van der Waals surface area contributed by atoms with E-state index in [0.29, 0.717) is 13.2 Å². The topological polar surface area (TPSA) is 35.5 Å². The lowest BCUT2D eigenvalue weighted by Crippen LogP contribution is -2.20. The van der Waals surface area contributed by atoms with Crippen molar-refractivity contribution in [2.24, 2.45) is 0 Å². The lowest BCUT2D eigenvalue weighted by Gasteiger charge is -2.13. The van der Waals surface area contributed by atoms with Crippen LogP contribution in [0.4, 0.5) is 0 Å². The van der Waals surface area contributed by atoms with Gasteiger partial charge in [0.2, 0.25) is 0 Å². The van der Waals surface area contributed by atoms with E-state index in [4.69, 9.17) is 9.47 Å². The normalized spacial score (nSPS) is 12.2. The molecule has 1 unspecified atom stereocenters. The van der Waals surface area contributed by atoms with Crippen LogP contribution in [-0.4, -0.2) is 25.3 Å². The molecule has 0 aromatic rings. The summed E-state index contributed by atoms with van der Waals surface area (Å²) in [6.07, 6.45) is 2.50. The van der Waals surface area contributed by atoms with Crippen molar-refractivity contribution in [3.8, 4) is 0 Å². The molecule has 1 atom stereocenters. The lowest BCUT2D eigenvalue weighted by molar-refractivity contribution is -0.145. The van der Waals surface area contributed by atoms with Gasteiger partial charge in [0.25, 0.3) is 0 Å². The number of ether oxygens (including phenoxy) is 2. The highest BCUT2D eigenvalue weighted by Gasteiger charge is 2.06. The summed E-state index contributed by atoms with van der Waals surface area (Å²) in [5.41, 5.74) is 0. The highest BCUT2D eigenvalue weighted by molar-refractivity contribution is 5.65.